The number of esters is 1. The van der Waals surface area contributed by atoms with Crippen molar-refractivity contribution in [1.29, 1.82) is 0 Å². The molecule has 2 aromatic carbocycles. The molecule has 1 spiro atoms. The van der Waals surface area contributed by atoms with Gasteiger partial charge in [0.25, 0.3) is 0 Å². The zero-order chi connectivity index (χ0) is 37.2. The second kappa shape index (κ2) is 15.7. The van der Waals surface area contributed by atoms with Crippen molar-refractivity contribution >= 4 is 29.4 Å². The van der Waals surface area contributed by atoms with Crippen molar-refractivity contribution in [3.05, 3.63) is 76.1 Å². The van der Waals surface area contributed by atoms with Crippen LogP contribution in [0.5, 0.6) is 17.2 Å². The molecule has 11 heteroatoms. The minimum atomic E-state index is -1.05. The van der Waals surface area contributed by atoms with Crippen LogP contribution in [0, 0.1) is 11.8 Å². The molecule has 0 unspecified atom stereocenters. The highest BCUT2D eigenvalue weighted by atomic mass is 35.5. The van der Waals surface area contributed by atoms with Crippen LogP contribution < -0.4 is 19.5 Å². The summed E-state index contributed by atoms with van der Waals surface area (Å²) in [5.41, 5.74) is 4.51. The summed E-state index contributed by atoms with van der Waals surface area (Å²) in [4.78, 5) is 32.9. The Bertz CT molecular complexity index is 1810. The first kappa shape index (κ1) is 37.1. The Kier molecular flexibility index (Phi) is 11.0. The number of nitrogens with one attached hydrogen (secondary N) is 1. The number of rotatable bonds is 12. The average Bonchev–Trinajstić information content (AvgIpc) is 3.72. The van der Waals surface area contributed by atoms with Gasteiger partial charge in [-0.3, -0.25) is 4.98 Å². The Balaban J connectivity index is 1.12. The molecule has 1 aromatic heterocycles. The summed E-state index contributed by atoms with van der Waals surface area (Å²) < 4.78 is 29.4. The summed E-state index contributed by atoms with van der Waals surface area (Å²) in [7, 11) is 0. The number of nitrogens with zero attached hydrogens (tertiary/aromatic N) is 2. The van der Waals surface area contributed by atoms with Crippen molar-refractivity contribution in [2.75, 3.05) is 38.6 Å². The summed E-state index contributed by atoms with van der Waals surface area (Å²) in [6.07, 6.45) is 9.10. The minimum absolute atomic E-state index is 0.191. The molecule has 7 rings (SSSR count). The van der Waals surface area contributed by atoms with Crippen molar-refractivity contribution in [2.45, 2.75) is 102 Å². The van der Waals surface area contributed by atoms with Gasteiger partial charge in [-0.05, 0) is 142 Å². The maximum Gasteiger partial charge on any atom is 0.412 e. The molecule has 3 aromatic rings. The van der Waals surface area contributed by atoms with Crippen molar-refractivity contribution < 1.29 is 33.3 Å². The lowest BCUT2D eigenvalue weighted by Crippen LogP contribution is -2.54. The highest BCUT2D eigenvalue weighted by Gasteiger charge is 2.55. The van der Waals surface area contributed by atoms with Gasteiger partial charge in [0.1, 0.15) is 11.3 Å². The summed E-state index contributed by atoms with van der Waals surface area (Å²) in [5, 5.41) is 4.10. The van der Waals surface area contributed by atoms with Gasteiger partial charge in [0.15, 0.2) is 11.5 Å². The Morgan fingerprint density at radius 1 is 1.06 bits per heavy atom. The van der Waals surface area contributed by atoms with Gasteiger partial charge in [0.2, 0.25) is 13.6 Å². The molecule has 1 N–H and O–H groups in total. The Morgan fingerprint density at radius 2 is 1.83 bits per heavy atom. The number of ether oxygens (including phenoxy) is 5. The molecule has 0 radical (unpaired) electrons. The third-order valence-corrected chi connectivity index (χ3v) is 12.4. The van der Waals surface area contributed by atoms with Crippen LogP contribution in [-0.2, 0) is 32.5 Å². The molecule has 4 aliphatic rings. The van der Waals surface area contributed by atoms with Crippen LogP contribution in [0.4, 0.5) is 10.5 Å². The normalized spacial score (nSPS) is 24.5. The molecular formula is C42H52ClN3O7. The fourth-order valence-corrected chi connectivity index (χ4v) is 9.52. The van der Waals surface area contributed by atoms with E-state index in [4.69, 9.17) is 35.3 Å². The zero-order valence-corrected chi connectivity index (χ0v) is 32.1. The monoisotopic (exact) mass is 745 g/mol. The topological polar surface area (TPSA) is 108 Å². The molecule has 3 aliphatic carbocycles. The highest BCUT2D eigenvalue weighted by Crippen LogP contribution is 2.58. The number of carbonyl (C=O) groups is 2. The van der Waals surface area contributed by atoms with E-state index < -0.39 is 24.4 Å². The van der Waals surface area contributed by atoms with E-state index in [2.05, 4.69) is 36.3 Å². The van der Waals surface area contributed by atoms with E-state index in [1.165, 1.54) is 28.8 Å². The molecule has 10 nitrogen and oxygen atoms in total. The number of hydrogen-bond donors (Lipinski definition) is 1. The number of fused-ring (bicyclic) bond motifs is 4. The lowest BCUT2D eigenvalue weighted by molar-refractivity contribution is -0.160. The standard InChI is InChI=1S/C42H52ClN3O7/c1-5-46(6-2)40(48)53-26-52-39(47)42(45-32-11-8-10-31(43)22-32)16-14-41(15-17-42)30(20-29-21-36-37(23-33(29)41)51-25-50-36)19-27(3)24-49-35-13-18-44-34-12-7-9-28(4)38(34)35/h8,10-11,13,18,21-23,27-28,30,45H,5-7,9,12,14-17,19-20,24-26H2,1-4H3/t27-,28-,30+,41?,42?/m1/s1. The number of carbonyl (C=O) groups excluding carboxylic acids is 2. The van der Waals surface area contributed by atoms with Crippen LogP contribution in [0.3, 0.4) is 0 Å². The molecule has 0 saturated heterocycles. The third kappa shape index (κ3) is 7.48. The second-order valence-electron chi connectivity index (χ2n) is 15.4. The molecule has 53 heavy (non-hydrogen) atoms. The predicted octanol–water partition coefficient (Wildman–Crippen LogP) is 8.82. The second-order valence-corrected chi connectivity index (χ2v) is 15.8. The number of hydrogen-bond acceptors (Lipinski definition) is 9. The number of anilines is 1. The van der Waals surface area contributed by atoms with Gasteiger partial charge in [-0.1, -0.05) is 31.5 Å². The van der Waals surface area contributed by atoms with Crippen molar-refractivity contribution in [2.24, 2.45) is 11.8 Å². The maximum absolute atomic E-state index is 14.1. The Hall–Kier alpha value is -4.18. The zero-order valence-electron chi connectivity index (χ0n) is 31.4. The van der Waals surface area contributed by atoms with Crippen LogP contribution in [0.15, 0.2) is 48.7 Å². The summed E-state index contributed by atoms with van der Waals surface area (Å²) >= 11 is 6.38. The van der Waals surface area contributed by atoms with Crippen LogP contribution >= 0.6 is 11.6 Å². The van der Waals surface area contributed by atoms with Gasteiger partial charge in [0.05, 0.1) is 6.61 Å². The largest absolute Gasteiger partial charge is 0.493 e. The Labute approximate surface area is 317 Å². The molecule has 3 atom stereocenters. The highest BCUT2D eigenvalue weighted by molar-refractivity contribution is 6.30. The van der Waals surface area contributed by atoms with E-state index in [1.54, 1.807) is 11.0 Å². The van der Waals surface area contributed by atoms with Crippen LogP contribution in [0.1, 0.15) is 101 Å². The molecule has 2 heterocycles. The minimum Gasteiger partial charge on any atom is -0.493 e. The number of aryl methyl sites for hydroxylation is 1. The van der Waals surface area contributed by atoms with Crippen LogP contribution in [0.25, 0.3) is 0 Å². The third-order valence-electron chi connectivity index (χ3n) is 12.2. The number of pyridine rings is 1. The number of halogens is 1. The lowest BCUT2D eigenvalue weighted by Gasteiger charge is -2.48. The predicted molar refractivity (Wildman–Crippen MR) is 203 cm³/mol. The first-order chi connectivity index (χ1) is 25.6. The van der Waals surface area contributed by atoms with Crippen molar-refractivity contribution in [3.8, 4) is 17.2 Å². The van der Waals surface area contributed by atoms with Gasteiger partial charge >= 0.3 is 12.1 Å². The number of amides is 1. The first-order valence-corrected chi connectivity index (χ1v) is 19.7. The van der Waals surface area contributed by atoms with Crippen molar-refractivity contribution in [3.63, 3.8) is 0 Å². The molecule has 284 valence electrons. The van der Waals surface area contributed by atoms with Crippen LogP contribution in [0.2, 0.25) is 5.02 Å². The fourth-order valence-electron chi connectivity index (χ4n) is 9.33. The van der Waals surface area contributed by atoms with E-state index in [0.29, 0.717) is 49.4 Å². The van der Waals surface area contributed by atoms with Gasteiger partial charge in [-0.15, -0.1) is 0 Å². The van der Waals surface area contributed by atoms with Gasteiger partial charge in [0, 0.05) is 41.3 Å². The summed E-state index contributed by atoms with van der Waals surface area (Å²) in [6.45, 7) is 9.71. The van der Waals surface area contributed by atoms with E-state index >= 15 is 0 Å². The van der Waals surface area contributed by atoms with Gasteiger partial charge in [-0.25, -0.2) is 9.59 Å². The van der Waals surface area contributed by atoms with E-state index in [1.807, 2.05) is 44.3 Å². The Morgan fingerprint density at radius 3 is 2.58 bits per heavy atom. The fraction of sp³-hybridized carbons (Fsp3) is 0.548. The molecule has 1 fully saturated rings. The molecule has 1 saturated carbocycles. The van der Waals surface area contributed by atoms with Crippen LogP contribution in [-0.4, -0.2) is 60.8 Å². The van der Waals surface area contributed by atoms with E-state index in [9.17, 15) is 9.59 Å². The van der Waals surface area contributed by atoms with Gasteiger partial charge < -0.3 is 33.9 Å². The SMILES string of the molecule is CCN(CC)C(=O)OCOC(=O)C1(Nc2cccc(Cl)c2)CCC2(CC1)c1cc3c(cc1C[C@@H]2C[C@@H](C)COc1ccnc2c1[C@H](C)CCC2)OCO3. The maximum atomic E-state index is 14.1. The molecule has 1 aliphatic heterocycles. The summed E-state index contributed by atoms with van der Waals surface area (Å²) in [5.74, 6) is 3.15. The van der Waals surface area contributed by atoms with Crippen molar-refractivity contribution in [1.82, 2.24) is 9.88 Å². The first-order valence-electron chi connectivity index (χ1n) is 19.3. The lowest BCUT2D eigenvalue weighted by atomic mass is 9.59. The van der Waals surface area contributed by atoms with E-state index in [-0.39, 0.29) is 18.1 Å². The number of benzene rings is 2. The van der Waals surface area contributed by atoms with E-state index in [0.717, 1.165) is 61.5 Å². The molecule has 0 bridgehead atoms. The molecular weight excluding hydrogens is 694 g/mol. The average molecular weight is 746 g/mol. The number of aromatic nitrogens is 1. The summed E-state index contributed by atoms with van der Waals surface area (Å²) in [6, 6.07) is 13.8. The smallest absolute Gasteiger partial charge is 0.412 e. The van der Waals surface area contributed by atoms with Gasteiger partial charge in [-0.2, -0.15) is 0 Å². The quantitative estimate of drug-likeness (QED) is 0.144. The molecule has 1 amide bonds.